The molecular weight excluding hydrogens is 438 g/mol. The Balaban J connectivity index is 1.34. The number of nitrogens with one attached hydrogen (secondary N) is 1. The summed E-state index contributed by atoms with van der Waals surface area (Å²) in [5, 5.41) is 3.52. The van der Waals surface area contributed by atoms with E-state index in [2.05, 4.69) is 9.88 Å². The third-order valence-corrected chi connectivity index (χ3v) is 5.49. The molecule has 0 spiro atoms. The van der Waals surface area contributed by atoms with E-state index in [1.54, 1.807) is 24.3 Å². The maximum absolute atomic E-state index is 12.3. The molecular formula is C26H26ClN3O3. The van der Waals surface area contributed by atoms with Gasteiger partial charge in [-0.05, 0) is 61.4 Å². The minimum atomic E-state index is -0.216. The Morgan fingerprint density at radius 1 is 1.00 bits per heavy atom. The average Bonchev–Trinajstić information content (AvgIpc) is 3.18. The van der Waals surface area contributed by atoms with Crippen molar-refractivity contribution in [3.05, 3.63) is 89.2 Å². The first-order valence-corrected chi connectivity index (χ1v) is 11.3. The second-order valence-electron chi connectivity index (χ2n) is 7.66. The lowest BCUT2D eigenvalue weighted by atomic mass is 10.2. The van der Waals surface area contributed by atoms with Crippen LogP contribution >= 0.6 is 11.6 Å². The highest BCUT2D eigenvalue weighted by Gasteiger charge is 2.12. The second-order valence-corrected chi connectivity index (χ2v) is 8.09. The number of rotatable bonds is 10. The van der Waals surface area contributed by atoms with Gasteiger partial charge in [-0.25, -0.2) is 4.98 Å². The van der Waals surface area contributed by atoms with E-state index >= 15 is 0 Å². The summed E-state index contributed by atoms with van der Waals surface area (Å²) in [6, 6.07) is 22.9. The van der Waals surface area contributed by atoms with Crippen LogP contribution < -0.4 is 14.8 Å². The van der Waals surface area contributed by atoms with Gasteiger partial charge in [-0.3, -0.25) is 4.79 Å². The monoisotopic (exact) mass is 463 g/mol. The normalized spacial score (nSPS) is 10.8. The van der Waals surface area contributed by atoms with Gasteiger partial charge in [0.25, 0.3) is 5.91 Å². The van der Waals surface area contributed by atoms with Gasteiger partial charge in [0, 0.05) is 11.6 Å². The van der Waals surface area contributed by atoms with E-state index < -0.39 is 0 Å². The summed E-state index contributed by atoms with van der Waals surface area (Å²) in [5.74, 6) is 2.08. The third-order valence-electron chi connectivity index (χ3n) is 5.24. The summed E-state index contributed by atoms with van der Waals surface area (Å²) in [7, 11) is 0. The molecule has 4 aromatic rings. The van der Waals surface area contributed by atoms with Crippen LogP contribution in [0.25, 0.3) is 11.0 Å². The lowest BCUT2D eigenvalue weighted by Crippen LogP contribution is -2.29. The first-order chi connectivity index (χ1) is 16.1. The average molecular weight is 464 g/mol. The van der Waals surface area contributed by atoms with Gasteiger partial charge < -0.3 is 19.4 Å². The highest BCUT2D eigenvalue weighted by Crippen LogP contribution is 2.19. The van der Waals surface area contributed by atoms with Crippen molar-refractivity contribution in [1.82, 2.24) is 14.9 Å². The van der Waals surface area contributed by atoms with E-state index in [0.717, 1.165) is 41.1 Å². The lowest BCUT2D eigenvalue weighted by molar-refractivity contribution is -0.123. The van der Waals surface area contributed by atoms with Crippen LogP contribution in [0.5, 0.6) is 11.5 Å². The standard InChI is InChI=1S/C26H26ClN3O3/c1-19-7-2-5-10-24(19)32-16-6-15-30-23-9-4-3-8-22(23)29-25(30)17-28-26(31)18-33-21-13-11-20(27)12-14-21/h2-5,7-14H,6,15-18H2,1H3,(H,28,31). The summed E-state index contributed by atoms with van der Waals surface area (Å²) in [4.78, 5) is 17.0. The largest absolute Gasteiger partial charge is 0.493 e. The van der Waals surface area contributed by atoms with E-state index in [-0.39, 0.29) is 12.5 Å². The molecule has 33 heavy (non-hydrogen) atoms. The Hall–Kier alpha value is -3.51. The molecule has 1 amide bonds. The van der Waals surface area contributed by atoms with Crippen molar-refractivity contribution < 1.29 is 14.3 Å². The predicted molar refractivity (Wildman–Crippen MR) is 130 cm³/mol. The third kappa shape index (κ3) is 6.05. The van der Waals surface area contributed by atoms with Crippen molar-refractivity contribution in [2.45, 2.75) is 26.4 Å². The number of ether oxygens (including phenoxy) is 2. The Bertz CT molecular complexity index is 1220. The van der Waals surface area contributed by atoms with Crippen LogP contribution in [-0.4, -0.2) is 28.7 Å². The maximum Gasteiger partial charge on any atom is 0.258 e. The quantitative estimate of drug-likeness (QED) is 0.330. The maximum atomic E-state index is 12.3. The van der Waals surface area contributed by atoms with Gasteiger partial charge >= 0.3 is 0 Å². The number of aryl methyl sites for hydroxylation is 2. The molecule has 0 aliphatic heterocycles. The minimum absolute atomic E-state index is 0.0773. The molecule has 4 rings (SSSR count). The van der Waals surface area contributed by atoms with Gasteiger partial charge in [0.1, 0.15) is 17.3 Å². The molecule has 1 N–H and O–H groups in total. The summed E-state index contributed by atoms with van der Waals surface area (Å²) in [6.45, 7) is 3.61. The number of fused-ring (bicyclic) bond motifs is 1. The van der Waals surface area contributed by atoms with Crippen LogP contribution in [0.15, 0.2) is 72.8 Å². The SMILES string of the molecule is Cc1ccccc1OCCCn1c(CNC(=O)COc2ccc(Cl)cc2)nc2ccccc21. The Morgan fingerprint density at radius 2 is 1.76 bits per heavy atom. The lowest BCUT2D eigenvalue weighted by Gasteiger charge is -2.12. The molecule has 0 bridgehead atoms. The summed E-state index contributed by atoms with van der Waals surface area (Å²) in [6.07, 6.45) is 0.815. The first-order valence-electron chi connectivity index (χ1n) is 10.9. The van der Waals surface area contributed by atoms with Gasteiger partial charge in [0.15, 0.2) is 6.61 Å². The number of benzene rings is 3. The predicted octanol–water partition coefficient (Wildman–Crippen LogP) is 5.16. The molecule has 0 aliphatic carbocycles. The first kappa shape index (κ1) is 22.7. The van der Waals surface area contributed by atoms with Crippen molar-refractivity contribution in [2.75, 3.05) is 13.2 Å². The molecule has 7 heteroatoms. The Kier molecular flexibility index (Phi) is 7.47. The summed E-state index contributed by atoms with van der Waals surface area (Å²) < 4.78 is 13.6. The molecule has 6 nitrogen and oxygen atoms in total. The Labute approximate surface area is 198 Å². The van der Waals surface area contributed by atoms with E-state index in [9.17, 15) is 4.79 Å². The van der Waals surface area contributed by atoms with Gasteiger partial charge in [-0.2, -0.15) is 0 Å². The van der Waals surface area contributed by atoms with Crippen LogP contribution in [0.3, 0.4) is 0 Å². The number of para-hydroxylation sites is 3. The van der Waals surface area contributed by atoms with Gasteiger partial charge in [-0.15, -0.1) is 0 Å². The smallest absolute Gasteiger partial charge is 0.258 e. The number of aromatic nitrogens is 2. The summed E-state index contributed by atoms with van der Waals surface area (Å²) >= 11 is 5.87. The molecule has 1 aromatic heterocycles. The molecule has 0 unspecified atom stereocenters. The summed E-state index contributed by atoms with van der Waals surface area (Å²) in [5.41, 5.74) is 3.06. The van der Waals surface area contributed by atoms with Gasteiger partial charge in [0.05, 0.1) is 24.2 Å². The fourth-order valence-electron chi connectivity index (χ4n) is 3.54. The van der Waals surface area contributed by atoms with Crippen LogP contribution in [0.2, 0.25) is 5.02 Å². The minimum Gasteiger partial charge on any atom is -0.493 e. The molecule has 170 valence electrons. The van der Waals surface area contributed by atoms with E-state index in [1.807, 2.05) is 55.5 Å². The number of carbonyl (C=O) groups is 1. The number of nitrogens with zero attached hydrogens (tertiary/aromatic N) is 2. The van der Waals surface area contributed by atoms with Gasteiger partial charge in [-0.1, -0.05) is 41.9 Å². The van der Waals surface area contributed by atoms with E-state index in [4.69, 9.17) is 26.1 Å². The molecule has 0 atom stereocenters. The molecule has 0 fully saturated rings. The zero-order chi connectivity index (χ0) is 23.0. The number of carbonyl (C=O) groups excluding carboxylic acids is 1. The topological polar surface area (TPSA) is 65.4 Å². The molecule has 0 saturated carbocycles. The second kappa shape index (κ2) is 10.9. The van der Waals surface area contributed by atoms with Crippen molar-refractivity contribution in [3.63, 3.8) is 0 Å². The van der Waals surface area contributed by atoms with Crippen molar-refractivity contribution in [1.29, 1.82) is 0 Å². The van der Waals surface area contributed by atoms with E-state index in [0.29, 0.717) is 23.9 Å². The number of amides is 1. The fraction of sp³-hybridized carbons (Fsp3) is 0.231. The van der Waals surface area contributed by atoms with Crippen LogP contribution in [-0.2, 0) is 17.9 Å². The number of halogens is 1. The molecule has 1 heterocycles. The molecule has 3 aromatic carbocycles. The Morgan fingerprint density at radius 3 is 2.58 bits per heavy atom. The zero-order valence-electron chi connectivity index (χ0n) is 18.5. The number of imidazole rings is 1. The molecule has 0 radical (unpaired) electrons. The van der Waals surface area contributed by atoms with Crippen LogP contribution in [0, 0.1) is 6.92 Å². The van der Waals surface area contributed by atoms with E-state index in [1.165, 1.54) is 0 Å². The van der Waals surface area contributed by atoms with Crippen molar-refractivity contribution in [3.8, 4) is 11.5 Å². The van der Waals surface area contributed by atoms with Crippen LogP contribution in [0.4, 0.5) is 0 Å². The van der Waals surface area contributed by atoms with Crippen molar-refractivity contribution >= 4 is 28.5 Å². The fourth-order valence-corrected chi connectivity index (χ4v) is 3.67. The number of hydrogen-bond acceptors (Lipinski definition) is 4. The zero-order valence-corrected chi connectivity index (χ0v) is 19.2. The van der Waals surface area contributed by atoms with Crippen molar-refractivity contribution in [2.24, 2.45) is 0 Å². The number of hydrogen-bond donors (Lipinski definition) is 1. The molecule has 0 saturated heterocycles. The van der Waals surface area contributed by atoms with Crippen LogP contribution in [0.1, 0.15) is 17.8 Å². The highest BCUT2D eigenvalue weighted by molar-refractivity contribution is 6.30. The highest BCUT2D eigenvalue weighted by atomic mass is 35.5. The van der Waals surface area contributed by atoms with Gasteiger partial charge in [0.2, 0.25) is 0 Å². The molecule has 0 aliphatic rings.